The molecule has 0 aromatic heterocycles. The molecule has 6 aromatic rings. The fraction of sp³-hybridized carbons (Fsp3) is 0.143. The number of hydrogen-bond acceptors (Lipinski definition) is 4. The maximum absolute atomic E-state index is 13.6. The van der Waals surface area contributed by atoms with Crippen molar-refractivity contribution in [1.29, 1.82) is 0 Å². The topological polar surface area (TPSA) is 80.9 Å². The molecule has 330 valence electrons. The van der Waals surface area contributed by atoms with Crippen LogP contribution >= 0.6 is 0 Å². The minimum Gasteiger partial charge on any atom is -0.508 e. The van der Waals surface area contributed by atoms with Gasteiger partial charge >= 0.3 is 12.4 Å². The van der Waals surface area contributed by atoms with Crippen molar-refractivity contribution in [3.63, 3.8) is 0 Å². The lowest BCUT2D eigenvalue weighted by atomic mass is 9.73. The molecule has 0 atom stereocenters. The Labute approximate surface area is 339 Å². The maximum atomic E-state index is 13.6. The average Bonchev–Trinajstić information content (AvgIpc) is 3.20. The molecule has 6 rings (SSSR count). The predicted octanol–water partition coefficient (Wildman–Crippen LogP) is 12.7. The van der Waals surface area contributed by atoms with Crippen molar-refractivity contribution in [3.05, 3.63) is 177 Å². The maximum Gasteiger partial charge on any atom is 0.411 e. The van der Waals surface area contributed by atoms with Gasteiger partial charge in [-0.3, -0.25) is 0 Å². The van der Waals surface area contributed by atoms with Gasteiger partial charge in [0.1, 0.15) is 23.0 Å². The highest BCUT2D eigenvalue weighted by Crippen LogP contribution is 2.56. The molecule has 0 fully saturated rings. The lowest BCUT2D eigenvalue weighted by Crippen LogP contribution is -2.54. The van der Waals surface area contributed by atoms with Gasteiger partial charge in [-0.25, -0.2) is 43.9 Å². The average molecular weight is 899 g/mol. The van der Waals surface area contributed by atoms with Gasteiger partial charge < -0.3 is 20.4 Å². The first-order valence-electron chi connectivity index (χ1n) is 17.0. The van der Waals surface area contributed by atoms with Crippen LogP contribution in [0.4, 0.5) is 70.2 Å². The minimum absolute atomic E-state index is 0.151. The molecule has 62 heavy (non-hydrogen) atoms. The summed E-state index contributed by atoms with van der Waals surface area (Å²) in [6.45, 7) is 4.23. The summed E-state index contributed by atoms with van der Waals surface area (Å²) in [5, 5.41) is 36.9. The second kappa shape index (κ2) is 17.8. The summed E-state index contributed by atoms with van der Waals surface area (Å²) in [7, 11) is 0. The van der Waals surface area contributed by atoms with Gasteiger partial charge in [-0.2, -0.15) is 26.3 Å². The van der Waals surface area contributed by atoms with Gasteiger partial charge in [0.15, 0.2) is 46.5 Å². The van der Waals surface area contributed by atoms with Crippen molar-refractivity contribution in [2.24, 2.45) is 0 Å². The van der Waals surface area contributed by atoms with E-state index in [1.165, 1.54) is 0 Å². The van der Waals surface area contributed by atoms with Gasteiger partial charge in [0.05, 0.1) is 11.1 Å². The molecule has 4 N–H and O–H groups in total. The van der Waals surface area contributed by atoms with E-state index >= 15 is 0 Å². The Morgan fingerprint density at radius 2 is 0.468 bits per heavy atom. The number of benzene rings is 6. The van der Waals surface area contributed by atoms with Crippen LogP contribution in [-0.2, 0) is 10.8 Å². The SMILES string of the molecule is CC(C)(c1ccc(O)cc1)c1ccc(O)cc1.Fc1c(F)c(F)c(-c2c(F)c(F)c(F)c(F)c2F)c(F)c1F.Oc1ccc(C(c2ccc(O)cc2)(C(F)(F)F)C(F)(F)F)cc1. The van der Waals surface area contributed by atoms with E-state index in [9.17, 15) is 80.5 Å². The summed E-state index contributed by atoms with van der Waals surface area (Å²) in [5.74, 6) is -27.0. The van der Waals surface area contributed by atoms with Crippen LogP contribution in [0.25, 0.3) is 11.1 Å². The first-order valence-corrected chi connectivity index (χ1v) is 17.0. The van der Waals surface area contributed by atoms with Crippen LogP contribution in [-0.4, -0.2) is 32.8 Å². The molecule has 0 unspecified atom stereocenters. The van der Waals surface area contributed by atoms with E-state index in [2.05, 4.69) is 13.8 Å². The molecular formula is C42H26F16O4. The summed E-state index contributed by atoms with van der Waals surface area (Å²) >= 11 is 0. The highest BCUT2D eigenvalue weighted by Gasteiger charge is 2.72. The summed E-state index contributed by atoms with van der Waals surface area (Å²) in [4.78, 5) is 0. The fourth-order valence-corrected chi connectivity index (χ4v) is 5.98. The molecule has 0 bridgehead atoms. The Kier molecular flexibility index (Phi) is 13.8. The smallest absolute Gasteiger partial charge is 0.411 e. The molecule has 6 aromatic carbocycles. The van der Waals surface area contributed by atoms with Gasteiger partial charge in [-0.15, -0.1) is 0 Å². The van der Waals surface area contributed by atoms with Crippen LogP contribution in [0.15, 0.2) is 97.1 Å². The van der Waals surface area contributed by atoms with Crippen LogP contribution in [0.2, 0.25) is 0 Å². The van der Waals surface area contributed by atoms with E-state index in [0.29, 0.717) is 24.3 Å². The van der Waals surface area contributed by atoms with E-state index in [-0.39, 0.29) is 16.9 Å². The molecule has 0 amide bonds. The second-order valence-corrected chi connectivity index (χ2v) is 13.4. The largest absolute Gasteiger partial charge is 0.508 e. The Bertz CT molecular complexity index is 2300. The van der Waals surface area contributed by atoms with E-state index in [0.717, 1.165) is 35.4 Å². The molecule has 0 aliphatic rings. The Balaban J connectivity index is 0.000000207. The Hall–Kier alpha value is -6.60. The minimum atomic E-state index is -5.70. The van der Waals surface area contributed by atoms with E-state index in [1.807, 2.05) is 24.3 Å². The number of aromatic hydroxyl groups is 4. The standard InChI is InChI=1S/C15H10F6O2.C15H16O2.C12F10/c16-14(17,18)13(15(19,20)21,9-1-5-11(22)6-2-9)10-3-7-12(23)8-4-10;1-15(2,11-3-7-13(16)8-4-11)12-5-9-14(17)10-6-12;13-3-1(4(14)8(18)11(21)7(3)17)2-5(15)9(19)12(22)10(20)6(2)16/h1-8,22-23H;3-10,16-17H,1-2H3;. The third kappa shape index (κ3) is 9.03. The Morgan fingerprint density at radius 3 is 0.661 bits per heavy atom. The summed E-state index contributed by atoms with van der Waals surface area (Å²) < 4.78 is 213. The summed E-state index contributed by atoms with van der Waals surface area (Å²) in [5.41, 5.74) is -8.86. The van der Waals surface area contributed by atoms with Gasteiger partial charge in [-0.05, 0) is 70.8 Å². The quantitative estimate of drug-likeness (QED) is 0.0789. The second-order valence-electron chi connectivity index (χ2n) is 13.4. The predicted molar refractivity (Wildman–Crippen MR) is 189 cm³/mol. The van der Waals surface area contributed by atoms with Gasteiger partial charge in [0.25, 0.3) is 0 Å². The molecule has 0 spiro atoms. The van der Waals surface area contributed by atoms with E-state index < -0.39 is 110 Å². The van der Waals surface area contributed by atoms with Crippen LogP contribution in [0.1, 0.15) is 36.1 Å². The van der Waals surface area contributed by atoms with Crippen molar-refractivity contribution in [3.8, 4) is 34.1 Å². The van der Waals surface area contributed by atoms with Gasteiger partial charge in [0, 0.05) is 5.41 Å². The van der Waals surface area contributed by atoms with E-state index in [4.69, 9.17) is 10.2 Å². The molecule has 0 aliphatic heterocycles. The van der Waals surface area contributed by atoms with Gasteiger partial charge in [-0.1, -0.05) is 62.4 Å². The lowest BCUT2D eigenvalue weighted by Gasteiger charge is -2.38. The number of rotatable bonds is 5. The van der Waals surface area contributed by atoms with Crippen molar-refractivity contribution in [2.75, 3.05) is 0 Å². The van der Waals surface area contributed by atoms with Crippen molar-refractivity contribution in [2.45, 2.75) is 37.0 Å². The summed E-state index contributed by atoms with van der Waals surface area (Å²) in [6.07, 6.45) is -11.4. The van der Waals surface area contributed by atoms with Crippen molar-refractivity contribution >= 4 is 0 Å². The molecule has 20 heteroatoms. The fourth-order valence-electron chi connectivity index (χ4n) is 5.98. The van der Waals surface area contributed by atoms with Crippen molar-refractivity contribution < 1.29 is 90.7 Å². The molecular weight excluding hydrogens is 872 g/mol. The lowest BCUT2D eigenvalue weighted by molar-refractivity contribution is -0.288. The number of phenols is 4. The summed E-state index contributed by atoms with van der Waals surface area (Å²) in [6, 6.07) is 19.7. The zero-order valence-electron chi connectivity index (χ0n) is 31.1. The number of halogens is 16. The van der Waals surface area contributed by atoms with Crippen LogP contribution in [0.3, 0.4) is 0 Å². The highest BCUT2D eigenvalue weighted by atomic mass is 19.4. The van der Waals surface area contributed by atoms with Crippen LogP contribution in [0.5, 0.6) is 23.0 Å². The van der Waals surface area contributed by atoms with Crippen LogP contribution < -0.4 is 0 Å². The van der Waals surface area contributed by atoms with E-state index in [1.54, 1.807) is 24.3 Å². The van der Waals surface area contributed by atoms with Crippen molar-refractivity contribution in [1.82, 2.24) is 0 Å². The van der Waals surface area contributed by atoms with Gasteiger partial charge in [0.2, 0.25) is 17.0 Å². The zero-order chi connectivity index (χ0) is 46.9. The van der Waals surface area contributed by atoms with Crippen LogP contribution in [0, 0.1) is 58.2 Å². The third-order valence-electron chi connectivity index (χ3n) is 9.30. The molecule has 0 aliphatic carbocycles. The number of hydrogen-bond donors (Lipinski definition) is 4. The molecule has 0 radical (unpaired) electrons. The number of alkyl halides is 6. The molecule has 0 saturated carbocycles. The Morgan fingerprint density at radius 1 is 0.290 bits per heavy atom. The monoisotopic (exact) mass is 898 g/mol. The molecule has 4 nitrogen and oxygen atoms in total. The normalized spacial score (nSPS) is 12.0. The zero-order valence-corrected chi connectivity index (χ0v) is 31.1. The highest BCUT2D eigenvalue weighted by molar-refractivity contribution is 5.67. The molecule has 0 heterocycles. The first kappa shape index (κ1) is 48.1. The number of phenolic OH excluding ortho intramolecular Hbond substituents is 4. The third-order valence-corrected chi connectivity index (χ3v) is 9.30. The first-order chi connectivity index (χ1) is 28.6. The molecule has 0 saturated heterocycles.